The molecule has 0 aliphatic carbocycles. The summed E-state index contributed by atoms with van der Waals surface area (Å²) in [5.74, 6) is 0.112. The summed E-state index contributed by atoms with van der Waals surface area (Å²) in [6.07, 6.45) is 0. The van der Waals surface area contributed by atoms with Gasteiger partial charge >= 0.3 is 0 Å². The lowest BCUT2D eigenvalue weighted by Gasteiger charge is -2.26. The van der Waals surface area contributed by atoms with Crippen molar-refractivity contribution in [3.05, 3.63) is 29.8 Å². The van der Waals surface area contributed by atoms with E-state index in [1.807, 2.05) is 43.1 Å². The molecule has 7 nitrogen and oxygen atoms in total. The van der Waals surface area contributed by atoms with Crippen LogP contribution in [0, 0.1) is 0 Å². The lowest BCUT2D eigenvalue weighted by atomic mass is 10.1. The van der Waals surface area contributed by atoms with Gasteiger partial charge in [-0.2, -0.15) is 4.31 Å². The second-order valence-electron chi connectivity index (χ2n) is 6.38. The molecular weight excluding hydrogens is 354 g/mol. The van der Waals surface area contributed by atoms with Gasteiger partial charge in [-0.05, 0) is 19.1 Å². The molecule has 0 spiro atoms. The number of carbonyl (C=O) groups excluding carboxylic acids is 1. The van der Waals surface area contributed by atoms with Gasteiger partial charge in [0, 0.05) is 31.7 Å². The lowest BCUT2D eigenvalue weighted by molar-refractivity contribution is -0.683. The molecule has 0 saturated carbocycles. The topological polar surface area (TPSA) is 83.5 Å². The summed E-state index contributed by atoms with van der Waals surface area (Å²) in [5.41, 5.74) is 0.998. The standard InChI is InChI=1S/C18H29N3O4S/c1-4-21(5-2)26(23,24)17-8-6-16(7-9-17)15(3)19-14-18(22)20-10-12-25-13-11-20/h6-9,15,19H,4-5,10-14H2,1-3H3/p+1/t15-/m0/s1. The van der Waals surface area contributed by atoms with E-state index in [1.165, 1.54) is 4.31 Å². The quantitative estimate of drug-likeness (QED) is 0.694. The first kappa shape index (κ1) is 20.8. The Morgan fingerprint density at radius 3 is 2.31 bits per heavy atom. The summed E-state index contributed by atoms with van der Waals surface area (Å²) in [5, 5.41) is 1.98. The molecule has 8 heteroatoms. The van der Waals surface area contributed by atoms with Crippen LogP contribution in [0.25, 0.3) is 0 Å². The van der Waals surface area contributed by atoms with E-state index < -0.39 is 10.0 Å². The maximum absolute atomic E-state index is 12.5. The van der Waals surface area contributed by atoms with E-state index in [9.17, 15) is 13.2 Å². The minimum atomic E-state index is -3.43. The first-order valence-electron chi connectivity index (χ1n) is 9.19. The number of rotatable bonds is 8. The number of hydrogen-bond acceptors (Lipinski definition) is 4. The minimum absolute atomic E-state index is 0.0743. The van der Waals surface area contributed by atoms with E-state index in [1.54, 1.807) is 12.1 Å². The van der Waals surface area contributed by atoms with Crippen LogP contribution < -0.4 is 5.32 Å². The van der Waals surface area contributed by atoms with Crippen LogP contribution in [0.2, 0.25) is 0 Å². The molecule has 1 aliphatic heterocycles. The largest absolute Gasteiger partial charge is 0.378 e. The molecule has 1 amide bonds. The third kappa shape index (κ3) is 5.03. The van der Waals surface area contributed by atoms with Crippen LogP contribution in [-0.4, -0.2) is 69.5 Å². The van der Waals surface area contributed by atoms with E-state index >= 15 is 0 Å². The number of morpholine rings is 1. The van der Waals surface area contributed by atoms with Gasteiger partial charge in [-0.1, -0.05) is 26.0 Å². The molecule has 1 aromatic carbocycles. The van der Waals surface area contributed by atoms with E-state index in [-0.39, 0.29) is 11.9 Å². The Labute approximate surface area is 156 Å². The Bertz CT molecular complexity index is 681. The van der Waals surface area contributed by atoms with Crippen molar-refractivity contribution in [2.45, 2.75) is 31.7 Å². The number of carbonyl (C=O) groups is 1. The molecule has 0 radical (unpaired) electrons. The lowest BCUT2D eigenvalue weighted by Crippen LogP contribution is -2.87. The Balaban J connectivity index is 1.95. The van der Waals surface area contributed by atoms with Crippen molar-refractivity contribution in [3.63, 3.8) is 0 Å². The fourth-order valence-electron chi connectivity index (χ4n) is 3.01. The number of nitrogens with zero attached hydrogens (tertiary/aromatic N) is 2. The van der Waals surface area contributed by atoms with Gasteiger partial charge in [-0.25, -0.2) is 8.42 Å². The number of nitrogens with two attached hydrogens (primary N) is 1. The first-order chi connectivity index (χ1) is 12.4. The van der Waals surface area contributed by atoms with Crippen LogP contribution in [0.4, 0.5) is 0 Å². The van der Waals surface area contributed by atoms with Crippen LogP contribution in [0.1, 0.15) is 32.4 Å². The summed E-state index contributed by atoms with van der Waals surface area (Å²) in [4.78, 5) is 14.3. The molecule has 1 fully saturated rings. The number of quaternary nitrogens is 1. The highest BCUT2D eigenvalue weighted by Crippen LogP contribution is 2.18. The molecular formula is C18H30N3O4S+. The van der Waals surface area contributed by atoms with Crippen molar-refractivity contribution in [2.24, 2.45) is 0 Å². The molecule has 1 atom stereocenters. The van der Waals surface area contributed by atoms with Gasteiger partial charge in [0.15, 0.2) is 6.54 Å². The fourth-order valence-corrected chi connectivity index (χ4v) is 4.47. The molecule has 26 heavy (non-hydrogen) atoms. The summed E-state index contributed by atoms with van der Waals surface area (Å²) in [6, 6.07) is 7.03. The summed E-state index contributed by atoms with van der Waals surface area (Å²) in [6.45, 7) is 9.46. The first-order valence-corrected chi connectivity index (χ1v) is 10.6. The molecule has 1 aromatic rings. The monoisotopic (exact) mass is 384 g/mol. The molecule has 0 unspecified atom stereocenters. The number of hydrogen-bond donors (Lipinski definition) is 1. The summed E-state index contributed by atoms with van der Waals surface area (Å²) >= 11 is 0. The molecule has 1 heterocycles. The molecule has 2 rings (SSSR count). The van der Waals surface area contributed by atoms with Gasteiger partial charge in [0.1, 0.15) is 6.04 Å². The van der Waals surface area contributed by atoms with Crippen molar-refractivity contribution in [1.29, 1.82) is 0 Å². The van der Waals surface area contributed by atoms with Crippen molar-refractivity contribution in [2.75, 3.05) is 45.9 Å². The van der Waals surface area contributed by atoms with Crippen LogP contribution >= 0.6 is 0 Å². The van der Waals surface area contributed by atoms with Crippen molar-refractivity contribution in [3.8, 4) is 0 Å². The number of amides is 1. The molecule has 1 saturated heterocycles. The molecule has 2 N–H and O–H groups in total. The van der Waals surface area contributed by atoms with E-state index in [0.717, 1.165) is 5.56 Å². The van der Waals surface area contributed by atoms with Gasteiger partial charge in [-0.3, -0.25) is 4.79 Å². The SMILES string of the molecule is CCN(CC)S(=O)(=O)c1ccc([C@H](C)[NH2+]CC(=O)N2CCOCC2)cc1. The van der Waals surface area contributed by atoms with Gasteiger partial charge < -0.3 is 15.0 Å². The third-order valence-electron chi connectivity index (χ3n) is 4.76. The Kier molecular flexibility index (Phi) is 7.57. The third-order valence-corrected chi connectivity index (χ3v) is 6.82. The summed E-state index contributed by atoms with van der Waals surface area (Å²) < 4.78 is 31.7. The maximum atomic E-state index is 12.5. The van der Waals surface area contributed by atoms with Crippen LogP contribution in [0.15, 0.2) is 29.2 Å². The summed E-state index contributed by atoms with van der Waals surface area (Å²) in [7, 11) is -3.43. The normalized spacial score (nSPS) is 16.7. The van der Waals surface area contributed by atoms with E-state index in [4.69, 9.17) is 4.74 Å². The van der Waals surface area contributed by atoms with Gasteiger partial charge in [-0.15, -0.1) is 0 Å². The molecule has 1 aliphatic rings. The highest BCUT2D eigenvalue weighted by atomic mass is 32.2. The van der Waals surface area contributed by atoms with Crippen LogP contribution in [0.5, 0.6) is 0 Å². The Morgan fingerprint density at radius 2 is 1.77 bits per heavy atom. The van der Waals surface area contributed by atoms with E-state index in [2.05, 4.69) is 0 Å². The van der Waals surface area contributed by atoms with Crippen molar-refractivity contribution < 1.29 is 23.3 Å². The second-order valence-corrected chi connectivity index (χ2v) is 8.32. The maximum Gasteiger partial charge on any atom is 0.277 e. The van der Waals surface area contributed by atoms with Gasteiger partial charge in [0.2, 0.25) is 10.0 Å². The predicted octanol–water partition coefficient (Wildman–Crippen LogP) is 0.200. The van der Waals surface area contributed by atoms with Crippen LogP contribution in [0.3, 0.4) is 0 Å². The highest BCUT2D eigenvalue weighted by molar-refractivity contribution is 7.89. The minimum Gasteiger partial charge on any atom is -0.378 e. The zero-order valence-corrected chi connectivity index (χ0v) is 16.7. The smallest absolute Gasteiger partial charge is 0.277 e. The van der Waals surface area contributed by atoms with Gasteiger partial charge in [0.05, 0.1) is 18.1 Å². The fraction of sp³-hybridized carbons (Fsp3) is 0.611. The second kappa shape index (κ2) is 9.45. The molecule has 0 bridgehead atoms. The van der Waals surface area contributed by atoms with E-state index in [0.29, 0.717) is 50.8 Å². The van der Waals surface area contributed by atoms with Crippen molar-refractivity contribution in [1.82, 2.24) is 9.21 Å². The molecule has 146 valence electrons. The Hall–Kier alpha value is -1.48. The number of ether oxygens (including phenoxy) is 1. The number of benzene rings is 1. The predicted molar refractivity (Wildman–Crippen MR) is 99.2 cm³/mol. The Morgan fingerprint density at radius 1 is 1.19 bits per heavy atom. The zero-order chi connectivity index (χ0) is 19.2. The van der Waals surface area contributed by atoms with Crippen molar-refractivity contribution >= 4 is 15.9 Å². The van der Waals surface area contributed by atoms with Gasteiger partial charge in [0.25, 0.3) is 5.91 Å². The highest BCUT2D eigenvalue weighted by Gasteiger charge is 2.23. The average molecular weight is 385 g/mol. The average Bonchev–Trinajstić information content (AvgIpc) is 2.67. The number of sulfonamides is 1. The van der Waals surface area contributed by atoms with Crippen LogP contribution in [-0.2, 0) is 19.6 Å². The zero-order valence-electron chi connectivity index (χ0n) is 15.8. The molecule has 0 aromatic heterocycles.